The topological polar surface area (TPSA) is 218 Å². The van der Waals surface area contributed by atoms with Crippen LogP contribution in [0.1, 0.15) is 53.5 Å². The highest BCUT2D eigenvalue weighted by molar-refractivity contribution is 6.05. The minimum atomic E-state index is -0.261. The molecule has 0 radical (unpaired) electrons. The van der Waals surface area contributed by atoms with Crippen molar-refractivity contribution in [2.75, 3.05) is 16.0 Å². The molecule has 3 N–H and O–H groups in total. The van der Waals surface area contributed by atoms with Gasteiger partial charge in [0.25, 0.3) is 17.7 Å². The van der Waals surface area contributed by atoms with Crippen molar-refractivity contribution < 1.29 is 28.6 Å². The lowest BCUT2D eigenvalue weighted by Gasteiger charge is -2.08. The Morgan fingerprint density at radius 3 is 1.54 bits per heavy atom. The predicted octanol–water partition coefficient (Wildman–Crippen LogP) is 10.6. The van der Waals surface area contributed by atoms with Crippen molar-refractivity contribution in [3.05, 3.63) is 223 Å². The number of hydrogen-bond donors (Lipinski definition) is 3. The van der Waals surface area contributed by atoms with Crippen LogP contribution in [0.15, 0.2) is 183 Å². The van der Waals surface area contributed by atoms with Crippen LogP contribution in [-0.2, 0) is 0 Å². The number of amides is 3. The zero-order valence-electron chi connectivity index (χ0n) is 38.3. The number of hydrogen-bond acceptors (Lipinski definition) is 14. The molecule has 70 heavy (non-hydrogen) atoms. The zero-order chi connectivity index (χ0) is 49.1. The van der Waals surface area contributed by atoms with Crippen LogP contribution in [0, 0.1) is 27.7 Å². The average Bonchev–Trinajstić information content (AvgIpc) is 3.36. The maximum Gasteiger partial charge on any atom is 0.257 e. The van der Waals surface area contributed by atoms with E-state index in [0.717, 1.165) is 22.4 Å². The van der Waals surface area contributed by atoms with Gasteiger partial charge in [-0.1, -0.05) is 47.5 Å². The minimum absolute atomic E-state index is 0.208. The molecular formula is C53H45N11O6. The summed E-state index contributed by atoms with van der Waals surface area (Å²) in [7, 11) is 0. The third kappa shape index (κ3) is 15.1. The van der Waals surface area contributed by atoms with Gasteiger partial charge in [-0.15, -0.1) is 0 Å². The Morgan fingerprint density at radius 2 is 0.971 bits per heavy atom. The number of aryl methyl sites for hydroxylation is 4. The van der Waals surface area contributed by atoms with E-state index >= 15 is 0 Å². The smallest absolute Gasteiger partial charge is 0.257 e. The van der Waals surface area contributed by atoms with Gasteiger partial charge in [0.05, 0.1) is 48.4 Å². The number of carbonyl (C=O) groups is 3. The van der Waals surface area contributed by atoms with Crippen molar-refractivity contribution in [3.8, 4) is 34.8 Å². The molecule has 0 spiro atoms. The number of nitrogens with one attached hydrogen (secondary N) is 3. The van der Waals surface area contributed by atoms with Crippen molar-refractivity contribution in [1.82, 2.24) is 39.9 Å². The molecule has 0 aliphatic carbocycles. The molecule has 348 valence electrons. The third-order valence-electron chi connectivity index (χ3n) is 9.34. The van der Waals surface area contributed by atoms with E-state index in [1.54, 1.807) is 97.6 Å². The Hall–Kier alpha value is -9.77. The van der Waals surface area contributed by atoms with Crippen LogP contribution in [0.25, 0.3) is 0 Å². The Morgan fingerprint density at radius 1 is 0.414 bits per heavy atom. The highest BCUT2D eigenvalue weighted by atomic mass is 16.5. The van der Waals surface area contributed by atoms with Crippen LogP contribution < -0.4 is 30.2 Å². The number of ether oxygens (including phenoxy) is 3. The van der Waals surface area contributed by atoms with Crippen molar-refractivity contribution in [3.63, 3.8) is 0 Å². The van der Waals surface area contributed by atoms with Crippen LogP contribution in [0.3, 0.4) is 0 Å². The molecule has 2 aromatic carbocycles. The summed E-state index contributed by atoms with van der Waals surface area (Å²) in [5.74, 6) is 3.10. The fourth-order valence-electron chi connectivity index (χ4n) is 6.10. The number of benzene rings is 2. The predicted molar refractivity (Wildman–Crippen MR) is 263 cm³/mol. The molecule has 9 aromatic rings. The number of carbonyl (C=O) groups excluding carboxylic acids is 3. The molecule has 0 fully saturated rings. The Balaban J connectivity index is 0.000000155. The van der Waals surface area contributed by atoms with Crippen LogP contribution in [0.4, 0.5) is 17.3 Å². The van der Waals surface area contributed by atoms with E-state index < -0.39 is 0 Å². The monoisotopic (exact) mass is 931 g/mol. The van der Waals surface area contributed by atoms with Crippen LogP contribution in [-0.4, -0.2) is 57.6 Å². The van der Waals surface area contributed by atoms with Gasteiger partial charge in [0, 0.05) is 53.6 Å². The lowest BCUT2D eigenvalue weighted by molar-refractivity contribution is 0.101. The van der Waals surface area contributed by atoms with E-state index in [1.165, 1.54) is 37.3 Å². The molecule has 0 unspecified atom stereocenters. The molecule has 9 rings (SSSR count). The first kappa shape index (κ1) is 48.2. The van der Waals surface area contributed by atoms with E-state index in [2.05, 4.69) is 55.8 Å². The third-order valence-corrected chi connectivity index (χ3v) is 9.34. The number of aromatic nitrogens is 8. The van der Waals surface area contributed by atoms with Gasteiger partial charge in [0.1, 0.15) is 35.2 Å². The minimum Gasteiger partial charge on any atom is -0.452 e. The maximum atomic E-state index is 12.3. The van der Waals surface area contributed by atoms with E-state index in [1.807, 2.05) is 76.2 Å². The van der Waals surface area contributed by atoms with Gasteiger partial charge < -0.3 is 30.2 Å². The lowest BCUT2D eigenvalue weighted by Crippen LogP contribution is -2.13. The molecule has 7 aromatic heterocycles. The Bertz CT molecular complexity index is 3040. The molecule has 3 amide bonds. The summed E-state index contributed by atoms with van der Waals surface area (Å²) >= 11 is 0. The van der Waals surface area contributed by atoms with Gasteiger partial charge in [-0.2, -0.15) is 9.97 Å². The van der Waals surface area contributed by atoms with E-state index in [4.69, 9.17) is 14.2 Å². The molecule has 0 atom stereocenters. The molecule has 7 heterocycles. The van der Waals surface area contributed by atoms with Gasteiger partial charge in [0.2, 0.25) is 11.8 Å². The standard InChI is InChI=1S/C19H17N3O2.C18H15N3O2.C16H13N5O2/c1-13-5-3-6-15(11-13)19(23)22-17-7-4-8-18(21-17)24-16-10-9-14(2)20-12-16;1-13-5-2-6-14(11-13)18(22)21-16-8-3-9-17(20-16)23-15-7-4-10-19-12-15;1-11-2-12(5-17-4-11)16(22)21-13-3-14(7-18-6-13)23-15-8-19-10-20-9-15/h3-12H,1-2H3,(H,21,22,23);2-12H,1H3,(H,20,21,22);2-10H,1H3,(H,21,22). The molecule has 17 heteroatoms. The molecule has 0 bridgehead atoms. The second kappa shape index (κ2) is 24.1. The molecule has 0 aliphatic heterocycles. The first-order valence-electron chi connectivity index (χ1n) is 21.5. The first-order chi connectivity index (χ1) is 34.0. The fraction of sp³-hybridized carbons (Fsp3) is 0.0755. The summed E-state index contributed by atoms with van der Waals surface area (Å²) in [5, 5.41) is 8.30. The SMILES string of the molecule is Cc1cccc(C(=O)Nc2cccc(Oc3ccc(C)nc3)n2)c1.Cc1cccc(C(=O)Nc2cccc(Oc3cccnc3)n2)c1.Cc1cncc(C(=O)Nc2cncc(Oc3cncnc3)c2)c1. The van der Waals surface area contributed by atoms with E-state index in [-0.39, 0.29) is 17.7 Å². The summed E-state index contributed by atoms with van der Waals surface area (Å²) in [6.07, 6.45) is 15.7. The molecule has 0 saturated heterocycles. The summed E-state index contributed by atoms with van der Waals surface area (Å²) < 4.78 is 16.8. The largest absolute Gasteiger partial charge is 0.452 e. The molecule has 17 nitrogen and oxygen atoms in total. The van der Waals surface area contributed by atoms with E-state index in [0.29, 0.717) is 68.8 Å². The van der Waals surface area contributed by atoms with Crippen molar-refractivity contribution >= 4 is 35.0 Å². The van der Waals surface area contributed by atoms with Crippen molar-refractivity contribution in [1.29, 1.82) is 0 Å². The summed E-state index contributed by atoms with van der Waals surface area (Å²) in [5.41, 5.74) is 6.06. The zero-order valence-corrected chi connectivity index (χ0v) is 38.3. The Labute approximate surface area is 403 Å². The second-order valence-electron chi connectivity index (χ2n) is 15.2. The number of nitrogens with zero attached hydrogens (tertiary/aromatic N) is 8. The highest BCUT2D eigenvalue weighted by Gasteiger charge is 2.11. The lowest BCUT2D eigenvalue weighted by atomic mass is 10.1. The number of anilines is 3. The van der Waals surface area contributed by atoms with Crippen molar-refractivity contribution in [2.45, 2.75) is 27.7 Å². The molecular weight excluding hydrogens is 887 g/mol. The normalized spacial score (nSPS) is 10.2. The number of pyridine rings is 6. The first-order valence-corrected chi connectivity index (χ1v) is 21.5. The highest BCUT2D eigenvalue weighted by Crippen LogP contribution is 2.24. The molecule has 0 aliphatic rings. The van der Waals surface area contributed by atoms with Crippen LogP contribution in [0.5, 0.6) is 34.8 Å². The Kier molecular flexibility index (Phi) is 16.6. The average molecular weight is 932 g/mol. The van der Waals surface area contributed by atoms with Crippen LogP contribution >= 0.6 is 0 Å². The van der Waals surface area contributed by atoms with Crippen LogP contribution in [0.2, 0.25) is 0 Å². The summed E-state index contributed by atoms with van der Waals surface area (Å²) in [6, 6.07) is 35.8. The van der Waals surface area contributed by atoms with Gasteiger partial charge in [-0.25, -0.2) is 9.97 Å². The molecule has 0 saturated carbocycles. The van der Waals surface area contributed by atoms with Gasteiger partial charge in [-0.3, -0.25) is 34.3 Å². The fourth-order valence-corrected chi connectivity index (χ4v) is 6.10. The summed E-state index contributed by atoms with van der Waals surface area (Å²) in [4.78, 5) is 69.2. The second-order valence-corrected chi connectivity index (χ2v) is 15.2. The maximum absolute atomic E-state index is 12.3. The van der Waals surface area contributed by atoms with Crippen molar-refractivity contribution in [2.24, 2.45) is 0 Å². The van der Waals surface area contributed by atoms with Gasteiger partial charge in [-0.05, 0) is 100.0 Å². The quantitative estimate of drug-likeness (QED) is 0.104. The van der Waals surface area contributed by atoms with Gasteiger partial charge in [0.15, 0.2) is 5.75 Å². The van der Waals surface area contributed by atoms with Gasteiger partial charge >= 0.3 is 0 Å². The summed E-state index contributed by atoms with van der Waals surface area (Å²) in [6.45, 7) is 7.67. The number of rotatable bonds is 12. The van der Waals surface area contributed by atoms with E-state index in [9.17, 15) is 14.4 Å².